The molecule has 5 heteroatoms. The average Bonchev–Trinajstić information content (AvgIpc) is 2.46. The minimum absolute atomic E-state index is 0.0115. The van der Waals surface area contributed by atoms with Crippen LogP contribution in [0.5, 0.6) is 5.75 Å². The Morgan fingerprint density at radius 2 is 1.76 bits per heavy atom. The van der Waals surface area contributed by atoms with Gasteiger partial charge in [0.25, 0.3) is 0 Å². The number of phenolic OH excluding ortho intramolecular Hbond substituents is 1. The van der Waals surface area contributed by atoms with Gasteiger partial charge in [-0.1, -0.05) is 0 Å². The number of carboxylic acid groups (broad SMARTS) is 1. The summed E-state index contributed by atoms with van der Waals surface area (Å²) in [5.41, 5.74) is 1.51. The van der Waals surface area contributed by atoms with Crippen LogP contribution in [-0.4, -0.2) is 21.2 Å². The van der Waals surface area contributed by atoms with Crippen molar-refractivity contribution in [3.63, 3.8) is 0 Å². The number of rotatable bonds is 2. The molecule has 2 N–H and O–H groups in total. The normalized spacial score (nSPS) is 10.7. The predicted octanol–water partition coefficient (Wildman–Crippen LogP) is 3.44. The number of halogens is 1. The number of phenols is 1. The van der Waals surface area contributed by atoms with E-state index >= 15 is 0 Å². The van der Waals surface area contributed by atoms with E-state index in [-0.39, 0.29) is 16.7 Å². The highest BCUT2D eigenvalue weighted by Crippen LogP contribution is 2.26. The fourth-order valence-electron chi connectivity index (χ4n) is 2.16. The second-order valence-electron chi connectivity index (χ2n) is 4.57. The lowest BCUT2D eigenvalue weighted by molar-refractivity contribution is 0.0699. The topological polar surface area (TPSA) is 70.4 Å². The maximum Gasteiger partial charge on any atom is 0.336 e. The molecule has 0 bridgehead atoms. The van der Waals surface area contributed by atoms with E-state index in [9.17, 15) is 19.4 Å². The van der Waals surface area contributed by atoms with Gasteiger partial charge in [0.15, 0.2) is 0 Å². The van der Waals surface area contributed by atoms with Crippen LogP contribution in [0.15, 0.2) is 48.5 Å². The van der Waals surface area contributed by atoms with Gasteiger partial charge >= 0.3 is 5.97 Å². The molecule has 2 aromatic carbocycles. The van der Waals surface area contributed by atoms with Crippen LogP contribution < -0.4 is 0 Å². The second-order valence-corrected chi connectivity index (χ2v) is 4.57. The molecule has 0 saturated carbocycles. The molecule has 4 nitrogen and oxygen atoms in total. The number of fused-ring (bicyclic) bond motifs is 1. The fourth-order valence-corrected chi connectivity index (χ4v) is 2.16. The number of benzene rings is 2. The van der Waals surface area contributed by atoms with Crippen LogP contribution in [0.2, 0.25) is 0 Å². The highest BCUT2D eigenvalue weighted by Gasteiger charge is 2.13. The third-order valence-electron chi connectivity index (χ3n) is 3.16. The number of aromatic hydroxyl groups is 1. The Labute approximate surface area is 119 Å². The van der Waals surface area contributed by atoms with Crippen molar-refractivity contribution in [1.82, 2.24) is 4.98 Å². The van der Waals surface area contributed by atoms with Crippen molar-refractivity contribution in [2.75, 3.05) is 0 Å². The summed E-state index contributed by atoms with van der Waals surface area (Å²) in [6.07, 6.45) is 0. The average molecular weight is 283 g/mol. The van der Waals surface area contributed by atoms with Crippen molar-refractivity contribution in [1.29, 1.82) is 0 Å². The van der Waals surface area contributed by atoms with Crippen LogP contribution in [0.25, 0.3) is 22.2 Å². The molecule has 1 heterocycles. The van der Waals surface area contributed by atoms with Gasteiger partial charge in [0.05, 0.1) is 16.8 Å². The Hall–Kier alpha value is -2.95. The Balaban J connectivity index is 2.28. The van der Waals surface area contributed by atoms with Gasteiger partial charge in [0, 0.05) is 10.9 Å². The van der Waals surface area contributed by atoms with E-state index in [4.69, 9.17) is 0 Å². The number of pyridine rings is 1. The van der Waals surface area contributed by atoms with E-state index < -0.39 is 11.8 Å². The molecule has 21 heavy (non-hydrogen) atoms. The van der Waals surface area contributed by atoms with Crippen LogP contribution in [0.4, 0.5) is 4.39 Å². The highest BCUT2D eigenvalue weighted by molar-refractivity contribution is 6.03. The first-order chi connectivity index (χ1) is 10.0. The van der Waals surface area contributed by atoms with Gasteiger partial charge in [0.1, 0.15) is 11.6 Å². The number of carbonyl (C=O) groups is 1. The van der Waals surface area contributed by atoms with Crippen molar-refractivity contribution in [3.05, 3.63) is 59.9 Å². The van der Waals surface area contributed by atoms with Crippen molar-refractivity contribution < 1.29 is 19.4 Å². The molecule has 0 aliphatic heterocycles. The maximum absolute atomic E-state index is 13.3. The van der Waals surface area contributed by atoms with Gasteiger partial charge in [-0.3, -0.25) is 0 Å². The third-order valence-corrected chi connectivity index (χ3v) is 3.16. The molecule has 0 unspecified atom stereocenters. The molecule has 0 fully saturated rings. The quantitative estimate of drug-likeness (QED) is 0.755. The molecule has 0 saturated heterocycles. The molecular weight excluding hydrogens is 273 g/mol. The number of aromatic carboxylic acids is 1. The predicted molar refractivity (Wildman–Crippen MR) is 75.8 cm³/mol. The third kappa shape index (κ3) is 2.41. The van der Waals surface area contributed by atoms with Crippen molar-refractivity contribution in [3.8, 4) is 17.0 Å². The number of aromatic nitrogens is 1. The molecule has 0 amide bonds. The summed E-state index contributed by atoms with van der Waals surface area (Å²) in [5, 5.41) is 18.8. The first kappa shape index (κ1) is 13.1. The lowest BCUT2D eigenvalue weighted by Crippen LogP contribution is -2.00. The van der Waals surface area contributed by atoms with Crippen LogP contribution in [-0.2, 0) is 0 Å². The second kappa shape index (κ2) is 4.86. The Morgan fingerprint density at radius 3 is 2.43 bits per heavy atom. The first-order valence-corrected chi connectivity index (χ1v) is 6.17. The lowest BCUT2D eigenvalue weighted by Gasteiger charge is -2.07. The fraction of sp³-hybridized carbons (Fsp3) is 0. The summed E-state index contributed by atoms with van der Waals surface area (Å²) in [5.74, 6) is -1.54. The van der Waals surface area contributed by atoms with Gasteiger partial charge < -0.3 is 10.2 Å². The largest absolute Gasteiger partial charge is 0.508 e. The van der Waals surface area contributed by atoms with Crippen molar-refractivity contribution in [2.45, 2.75) is 0 Å². The van der Waals surface area contributed by atoms with E-state index in [1.165, 1.54) is 30.3 Å². The van der Waals surface area contributed by atoms with Gasteiger partial charge in [0.2, 0.25) is 0 Å². The summed E-state index contributed by atoms with van der Waals surface area (Å²) < 4.78 is 13.3. The molecule has 0 spiro atoms. The molecule has 0 aliphatic carbocycles. The summed E-state index contributed by atoms with van der Waals surface area (Å²) in [7, 11) is 0. The summed E-state index contributed by atoms with van der Waals surface area (Å²) in [6, 6.07) is 11.5. The van der Waals surface area contributed by atoms with Gasteiger partial charge in [-0.15, -0.1) is 0 Å². The monoisotopic (exact) mass is 283 g/mol. The molecule has 0 atom stereocenters. The SMILES string of the molecule is O=C(O)c1cc(-c2ccc(O)cc2)nc2ccc(F)cc12. The zero-order chi connectivity index (χ0) is 15.0. The Bertz CT molecular complexity index is 844. The van der Waals surface area contributed by atoms with Gasteiger partial charge in [-0.2, -0.15) is 0 Å². The van der Waals surface area contributed by atoms with E-state index in [2.05, 4.69) is 4.98 Å². The van der Waals surface area contributed by atoms with Crippen LogP contribution in [0.3, 0.4) is 0 Å². The Morgan fingerprint density at radius 1 is 1.05 bits per heavy atom. The minimum atomic E-state index is -1.15. The highest BCUT2D eigenvalue weighted by atomic mass is 19.1. The van der Waals surface area contributed by atoms with Crippen molar-refractivity contribution in [2.24, 2.45) is 0 Å². The van der Waals surface area contributed by atoms with Crippen molar-refractivity contribution >= 4 is 16.9 Å². The molecule has 0 aliphatic rings. The molecule has 0 radical (unpaired) electrons. The number of nitrogens with zero attached hydrogens (tertiary/aromatic N) is 1. The summed E-state index contributed by atoms with van der Waals surface area (Å²) in [6.45, 7) is 0. The smallest absolute Gasteiger partial charge is 0.336 e. The van der Waals surface area contributed by atoms with E-state index in [1.54, 1.807) is 12.1 Å². The first-order valence-electron chi connectivity index (χ1n) is 6.17. The van der Waals surface area contributed by atoms with E-state index in [0.29, 0.717) is 16.8 Å². The van der Waals surface area contributed by atoms with Gasteiger partial charge in [-0.25, -0.2) is 14.2 Å². The van der Waals surface area contributed by atoms with E-state index in [0.717, 1.165) is 6.07 Å². The molecule has 3 rings (SSSR count). The zero-order valence-corrected chi connectivity index (χ0v) is 10.7. The minimum Gasteiger partial charge on any atom is -0.508 e. The Kier molecular flexibility index (Phi) is 3.02. The van der Waals surface area contributed by atoms with Crippen LogP contribution in [0, 0.1) is 5.82 Å². The number of hydrogen-bond donors (Lipinski definition) is 2. The number of carboxylic acids is 1. The van der Waals surface area contributed by atoms with Crippen LogP contribution in [0.1, 0.15) is 10.4 Å². The summed E-state index contributed by atoms with van der Waals surface area (Å²) >= 11 is 0. The zero-order valence-electron chi connectivity index (χ0n) is 10.7. The van der Waals surface area contributed by atoms with E-state index in [1.807, 2.05) is 0 Å². The molecule has 1 aromatic heterocycles. The summed E-state index contributed by atoms with van der Waals surface area (Å²) in [4.78, 5) is 15.7. The molecule has 3 aromatic rings. The number of hydrogen-bond acceptors (Lipinski definition) is 3. The van der Waals surface area contributed by atoms with Gasteiger partial charge in [-0.05, 0) is 48.5 Å². The maximum atomic E-state index is 13.3. The molecule has 104 valence electrons. The lowest BCUT2D eigenvalue weighted by atomic mass is 10.0. The molecular formula is C16H10FNO3. The van der Waals surface area contributed by atoms with Crippen LogP contribution >= 0.6 is 0 Å². The standard InChI is InChI=1S/C16H10FNO3/c17-10-3-6-14-12(7-10)13(16(20)21)8-15(18-14)9-1-4-11(19)5-2-9/h1-8,19H,(H,20,21).